The highest BCUT2D eigenvalue weighted by molar-refractivity contribution is 5.86. The molecule has 0 spiro atoms. The van der Waals surface area contributed by atoms with Gasteiger partial charge in [-0.2, -0.15) is 0 Å². The van der Waals surface area contributed by atoms with E-state index in [9.17, 15) is 9.90 Å². The molecule has 5 heteroatoms. The minimum Gasteiger partial charge on any atom is -0.508 e. The second-order valence-electron chi connectivity index (χ2n) is 4.96. The summed E-state index contributed by atoms with van der Waals surface area (Å²) in [7, 11) is 0. The van der Waals surface area contributed by atoms with E-state index in [0.717, 1.165) is 12.0 Å². The summed E-state index contributed by atoms with van der Waals surface area (Å²) in [4.78, 5) is 12.0. The Kier molecular flexibility index (Phi) is 6.87. The van der Waals surface area contributed by atoms with Crippen molar-refractivity contribution in [1.82, 2.24) is 5.32 Å². The molecule has 0 radical (unpaired) electrons. The number of halogens is 1. The van der Waals surface area contributed by atoms with E-state index in [2.05, 4.69) is 5.32 Å². The number of rotatable bonds is 5. The van der Waals surface area contributed by atoms with Crippen LogP contribution < -0.4 is 11.1 Å². The second-order valence-corrected chi connectivity index (χ2v) is 4.96. The summed E-state index contributed by atoms with van der Waals surface area (Å²) in [6.07, 6.45) is 1.51. The van der Waals surface area contributed by atoms with Crippen molar-refractivity contribution in [1.29, 1.82) is 0 Å². The van der Waals surface area contributed by atoms with Gasteiger partial charge in [-0.1, -0.05) is 25.5 Å². The van der Waals surface area contributed by atoms with Gasteiger partial charge in [0.15, 0.2) is 0 Å². The molecular weight excluding hydrogens is 264 g/mol. The normalized spacial score (nSPS) is 14.9. The lowest BCUT2D eigenvalue weighted by Gasteiger charge is -2.25. The zero-order valence-corrected chi connectivity index (χ0v) is 12.5. The molecule has 1 amide bonds. The Hall–Kier alpha value is -1.26. The minimum absolute atomic E-state index is 0. The molecule has 2 unspecified atom stereocenters. The molecule has 4 N–H and O–H groups in total. The lowest BCUT2D eigenvalue weighted by molar-refractivity contribution is -0.126. The van der Waals surface area contributed by atoms with Gasteiger partial charge in [-0.05, 0) is 38.0 Å². The van der Waals surface area contributed by atoms with Crippen molar-refractivity contribution in [2.24, 2.45) is 5.73 Å². The molecule has 2 atom stereocenters. The van der Waals surface area contributed by atoms with Crippen LogP contribution in [0.4, 0.5) is 0 Å². The Morgan fingerprint density at radius 2 is 2.16 bits per heavy atom. The molecule has 108 valence electrons. The number of phenols is 1. The lowest BCUT2D eigenvalue weighted by Crippen LogP contribution is -2.51. The quantitative estimate of drug-likeness (QED) is 0.778. The van der Waals surface area contributed by atoms with Crippen molar-refractivity contribution in [2.75, 3.05) is 0 Å². The summed E-state index contributed by atoms with van der Waals surface area (Å²) in [5.41, 5.74) is 5.98. The van der Waals surface area contributed by atoms with Gasteiger partial charge in [-0.3, -0.25) is 4.79 Å². The molecule has 0 saturated carbocycles. The Morgan fingerprint density at radius 3 is 2.68 bits per heavy atom. The fourth-order valence-corrected chi connectivity index (χ4v) is 1.87. The fourth-order valence-electron chi connectivity index (χ4n) is 1.87. The summed E-state index contributed by atoms with van der Waals surface area (Å²) < 4.78 is 0. The highest BCUT2D eigenvalue weighted by atomic mass is 35.5. The van der Waals surface area contributed by atoms with Gasteiger partial charge in [-0.15, -0.1) is 12.4 Å². The standard InChI is InChI=1S/C14H22N2O2.ClH/c1-4-8-14(3,15)13(18)16-10(2)11-6-5-7-12(17)9-11;/h5-7,9-10,17H,4,8,15H2,1-3H3,(H,16,18);1H. The Bertz CT molecular complexity index is 422. The maximum atomic E-state index is 12.0. The van der Waals surface area contributed by atoms with E-state index >= 15 is 0 Å². The van der Waals surface area contributed by atoms with E-state index in [0.29, 0.717) is 6.42 Å². The Morgan fingerprint density at radius 1 is 1.53 bits per heavy atom. The molecule has 0 aliphatic carbocycles. The van der Waals surface area contributed by atoms with Crippen LogP contribution in [0, 0.1) is 0 Å². The van der Waals surface area contributed by atoms with E-state index in [1.807, 2.05) is 19.9 Å². The Labute approximate surface area is 120 Å². The third-order valence-electron chi connectivity index (χ3n) is 3.01. The first kappa shape index (κ1) is 17.7. The van der Waals surface area contributed by atoms with E-state index in [1.54, 1.807) is 25.1 Å². The molecule has 0 fully saturated rings. The van der Waals surface area contributed by atoms with Crippen molar-refractivity contribution in [3.8, 4) is 5.75 Å². The SMILES string of the molecule is CCCC(C)(N)C(=O)NC(C)c1cccc(O)c1.Cl. The summed E-state index contributed by atoms with van der Waals surface area (Å²) >= 11 is 0. The van der Waals surface area contributed by atoms with Crippen LogP contribution in [0.1, 0.15) is 45.2 Å². The molecule has 0 bridgehead atoms. The van der Waals surface area contributed by atoms with Crippen molar-refractivity contribution in [2.45, 2.75) is 45.2 Å². The van der Waals surface area contributed by atoms with Crippen molar-refractivity contribution >= 4 is 18.3 Å². The van der Waals surface area contributed by atoms with Crippen molar-refractivity contribution in [3.05, 3.63) is 29.8 Å². The van der Waals surface area contributed by atoms with E-state index in [4.69, 9.17) is 5.73 Å². The van der Waals surface area contributed by atoms with Crippen LogP contribution in [0.3, 0.4) is 0 Å². The average Bonchev–Trinajstić information content (AvgIpc) is 2.28. The number of carbonyl (C=O) groups is 1. The van der Waals surface area contributed by atoms with E-state index in [-0.39, 0.29) is 30.1 Å². The number of hydrogen-bond donors (Lipinski definition) is 3. The van der Waals surface area contributed by atoms with Gasteiger partial charge in [-0.25, -0.2) is 0 Å². The minimum atomic E-state index is -0.847. The number of aromatic hydroxyl groups is 1. The van der Waals surface area contributed by atoms with Crippen LogP contribution >= 0.6 is 12.4 Å². The lowest BCUT2D eigenvalue weighted by atomic mass is 9.95. The van der Waals surface area contributed by atoms with Crippen LogP contribution in [0.2, 0.25) is 0 Å². The molecule has 0 aliphatic heterocycles. The zero-order chi connectivity index (χ0) is 13.8. The van der Waals surface area contributed by atoms with Gasteiger partial charge < -0.3 is 16.2 Å². The predicted octanol–water partition coefficient (Wildman–Crippen LogP) is 2.51. The van der Waals surface area contributed by atoms with Crippen LogP contribution in [0.5, 0.6) is 5.75 Å². The molecular formula is C14H23ClN2O2. The third-order valence-corrected chi connectivity index (χ3v) is 3.01. The fraction of sp³-hybridized carbons (Fsp3) is 0.500. The summed E-state index contributed by atoms with van der Waals surface area (Å²) in [5, 5.41) is 12.3. The monoisotopic (exact) mass is 286 g/mol. The molecule has 1 rings (SSSR count). The van der Waals surface area contributed by atoms with Gasteiger partial charge in [0.1, 0.15) is 5.75 Å². The molecule has 0 aromatic heterocycles. The maximum absolute atomic E-state index is 12.0. The maximum Gasteiger partial charge on any atom is 0.240 e. The first-order valence-corrected chi connectivity index (χ1v) is 6.25. The first-order chi connectivity index (χ1) is 8.36. The van der Waals surface area contributed by atoms with Gasteiger partial charge in [0.05, 0.1) is 11.6 Å². The summed E-state index contributed by atoms with van der Waals surface area (Å²) in [6.45, 7) is 5.60. The average molecular weight is 287 g/mol. The third kappa shape index (κ3) is 5.09. The van der Waals surface area contributed by atoms with Gasteiger partial charge in [0.2, 0.25) is 5.91 Å². The topological polar surface area (TPSA) is 75.4 Å². The second kappa shape index (κ2) is 7.36. The van der Waals surface area contributed by atoms with Gasteiger partial charge >= 0.3 is 0 Å². The number of nitrogens with one attached hydrogen (secondary N) is 1. The van der Waals surface area contributed by atoms with Crippen LogP contribution in [-0.2, 0) is 4.79 Å². The van der Waals surface area contributed by atoms with Gasteiger partial charge in [0, 0.05) is 0 Å². The van der Waals surface area contributed by atoms with Crippen molar-refractivity contribution in [3.63, 3.8) is 0 Å². The highest BCUT2D eigenvalue weighted by Crippen LogP contribution is 2.19. The molecule has 1 aromatic rings. The number of amides is 1. The molecule has 4 nitrogen and oxygen atoms in total. The number of benzene rings is 1. The molecule has 0 heterocycles. The van der Waals surface area contributed by atoms with Crippen LogP contribution in [0.25, 0.3) is 0 Å². The first-order valence-electron chi connectivity index (χ1n) is 6.25. The number of carbonyl (C=O) groups excluding carboxylic acids is 1. The summed E-state index contributed by atoms with van der Waals surface area (Å²) in [6, 6.07) is 6.67. The van der Waals surface area contributed by atoms with Gasteiger partial charge in [0.25, 0.3) is 0 Å². The number of phenolic OH excluding ortho intramolecular Hbond substituents is 1. The van der Waals surface area contributed by atoms with E-state index < -0.39 is 5.54 Å². The molecule has 0 aliphatic rings. The van der Waals surface area contributed by atoms with Crippen LogP contribution in [0.15, 0.2) is 24.3 Å². The number of nitrogens with two attached hydrogens (primary N) is 1. The molecule has 19 heavy (non-hydrogen) atoms. The summed E-state index contributed by atoms with van der Waals surface area (Å²) in [5.74, 6) is 0.0258. The predicted molar refractivity (Wildman–Crippen MR) is 79.4 cm³/mol. The zero-order valence-electron chi connectivity index (χ0n) is 11.6. The highest BCUT2D eigenvalue weighted by Gasteiger charge is 2.28. The smallest absolute Gasteiger partial charge is 0.240 e. The molecule has 1 aromatic carbocycles. The van der Waals surface area contributed by atoms with Crippen molar-refractivity contribution < 1.29 is 9.90 Å². The van der Waals surface area contributed by atoms with E-state index in [1.165, 1.54) is 0 Å². The number of hydrogen-bond acceptors (Lipinski definition) is 3. The Balaban J connectivity index is 0.00000324. The molecule has 0 saturated heterocycles. The largest absolute Gasteiger partial charge is 0.508 e. The van der Waals surface area contributed by atoms with Crippen LogP contribution in [-0.4, -0.2) is 16.6 Å².